The minimum absolute atomic E-state index is 0.478. The quantitative estimate of drug-likeness (QED) is 0.356. The van der Waals surface area contributed by atoms with Crippen LogP contribution in [0.1, 0.15) is 5.56 Å². The summed E-state index contributed by atoms with van der Waals surface area (Å²) in [6, 6.07) is 13.1. The lowest BCUT2D eigenvalue weighted by molar-refractivity contribution is -0.107. The molecule has 0 aliphatic carbocycles. The Bertz CT molecular complexity index is 1300. The number of imidazole rings is 1. The Labute approximate surface area is 193 Å². The Morgan fingerprint density at radius 1 is 1.16 bits per heavy atom. The van der Waals surface area contributed by atoms with E-state index in [1.54, 1.807) is 32.5 Å². The highest BCUT2D eigenvalue weighted by Gasteiger charge is 2.15. The highest BCUT2D eigenvalue weighted by Crippen LogP contribution is 2.37. The molecule has 2 heterocycles. The first-order valence-electron chi connectivity index (χ1n) is 9.79. The van der Waals surface area contributed by atoms with Crippen molar-refractivity contribution in [3.05, 3.63) is 58.7 Å². The normalized spacial score (nSPS) is 10.8. The number of pyridine rings is 1. The molecular weight excluding hydrogens is 474 g/mol. The molecule has 0 atom stereocenters. The number of halogens is 1. The van der Waals surface area contributed by atoms with Gasteiger partial charge >= 0.3 is 0 Å². The molecule has 0 saturated carbocycles. The van der Waals surface area contributed by atoms with Crippen molar-refractivity contribution in [3.63, 3.8) is 0 Å². The Morgan fingerprint density at radius 3 is 2.69 bits per heavy atom. The molecule has 0 spiro atoms. The molecule has 4 aromatic rings. The molecule has 0 bridgehead atoms. The number of aryl methyl sites for hydroxylation is 2. The number of methoxy groups -OCH3 is 1. The Kier molecular flexibility index (Phi) is 6.00. The fourth-order valence-electron chi connectivity index (χ4n) is 3.24. The fraction of sp³-hybridized carbons (Fsp3) is 0.174. The summed E-state index contributed by atoms with van der Waals surface area (Å²) < 4.78 is 14.6. The van der Waals surface area contributed by atoms with Crippen molar-refractivity contribution in [2.45, 2.75) is 6.92 Å². The number of hydrogen-bond donors (Lipinski definition) is 1. The second-order valence-corrected chi connectivity index (χ2v) is 8.10. The van der Waals surface area contributed by atoms with Gasteiger partial charge in [0, 0.05) is 48.7 Å². The monoisotopic (exact) mass is 495 g/mol. The van der Waals surface area contributed by atoms with E-state index < -0.39 is 0 Å². The molecule has 2 aromatic carbocycles. The van der Waals surface area contributed by atoms with Crippen LogP contribution < -0.4 is 19.7 Å². The van der Waals surface area contributed by atoms with Crippen molar-refractivity contribution in [2.24, 2.45) is 7.05 Å². The van der Waals surface area contributed by atoms with Crippen LogP contribution in [0.4, 0.5) is 17.5 Å². The molecule has 0 unspecified atom stereocenters. The van der Waals surface area contributed by atoms with Crippen molar-refractivity contribution >= 4 is 50.8 Å². The molecule has 1 N–H and O–H groups in total. The molecule has 4 rings (SSSR count). The van der Waals surface area contributed by atoms with Crippen LogP contribution >= 0.6 is 15.9 Å². The zero-order valence-corrected chi connectivity index (χ0v) is 19.7. The van der Waals surface area contributed by atoms with Gasteiger partial charge in [0.25, 0.3) is 0 Å². The number of carbonyl (C=O) groups is 1. The molecule has 32 heavy (non-hydrogen) atoms. The van der Waals surface area contributed by atoms with E-state index in [1.165, 1.54) is 4.90 Å². The van der Waals surface area contributed by atoms with Crippen LogP contribution in [0.25, 0.3) is 11.0 Å². The minimum Gasteiger partial charge on any atom is -0.493 e. The number of nitrogens with zero attached hydrogens (tertiary/aromatic N) is 4. The zero-order chi connectivity index (χ0) is 22.8. The highest BCUT2D eigenvalue weighted by molar-refractivity contribution is 9.10. The molecule has 9 heteroatoms. The molecular formula is C23H22BrN5O3. The molecule has 164 valence electrons. The van der Waals surface area contributed by atoms with Gasteiger partial charge in [-0.2, -0.15) is 0 Å². The van der Waals surface area contributed by atoms with Crippen molar-refractivity contribution < 1.29 is 14.3 Å². The molecule has 8 nitrogen and oxygen atoms in total. The summed E-state index contributed by atoms with van der Waals surface area (Å²) >= 11 is 3.52. The topological polar surface area (TPSA) is 81.5 Å². The van der Waals surface area contributed by atoms with Crippen LogP contribution in [0.5, 0.6) is 17.2 Å². The van der Waals surface area contributed by atoms with Gasteiger partial charge < -0.3 is 24.3 Å². The van der Waals surface area contributed by atoms with E-state index in [1.807, 2.05) is 42.8 Å². The van der Waals surface area contributed by atoms with E-state index in [0.29, 0.717) is 35.4 Å². The number of hydrogen-bond acceptors (Lipinski definition) is 6. The summed E-state index contributed by atoms with van der Waals surface area (Å²) in [7, 11) is 5.15. The van der Waals surface area contributed by atoms with Gasteiger partial charge in [0.2, 0.25) is 12.4 Å². The van der Waals surface area contributed by atoms with E-state index in [2.05, 4.69) is 32.3 Å². The third kappa shape index (κ3) is 4.24. The number of nitrogens with one attached hydrogen (secondary N) is 1. The average Bonchev–Trinajstić information content (AvgIpc) is 3.09. The van der Waals surface area contributed by atoms with Crippen LogP contribution in [-0.2, 0) is 11.8 Å². The third-order valence-corrected chi connectivity index (χ3v) is 5.93. The van der Waals surface area contributed by atoms with Crippen LogP contribution in [0.15, 0.2) is 53.1 Å². The fourth-order valence-corrected chi connectivity index (χ4v) is 3.49. The van der Waals surface area contributed by atoms with Crippen molar-refractivity contribution in [3.8, 4) is 17.2 Å². The van der Waals surface area contributed by atoms with Gasteiger partial charge in [-0.3, -0.25) is 4.79 Å². The van der Waals surface area contributed by atoms with Gasteiger partial charge in [-0.05, 0) is 36.8 Å². The predicted octanol–water partition coefficient (Wildman–Crippen LogP) is 5.18. The summed E-state index contributed by atoms with van der Waals surface area (Å²) in [4.78, 5) is 21.3. The maximum atomic E-state index is 11.0. The Balaban J connectivity index is 1.69. The lowest BCUT2D eigenvalue weighted by Crippen LogP contribution is -2.14. The first kappa shape index (κ1) is 21.6. The SMILES string of the molecule is COc1cc2c(cc1Oc1ccnc(N(C)C=O)c1)nc(Nc1ccc(Br)c(C)c1)n2C. The van der Waals surface area contributed by atoms with Gasteiger partial charge in [-0.1, -0.05) is 15.9 Å². The number of carbonyl (C=O) groups excluding carboxylic acids is 1. The summed E-state index contributed by atoms with van der Waals surface area (Å²) in [5, 5.41) is 3.37. The smallest absolute Gasteiger partial charge is 0.215 e. The summed E-state index contributed by atoms with van der Waals surface area (Å²) in [6.07, 6.45) is 2.27. The maximum absolute atomic E-state index is 11.0. The maximum Gasteiger partial charge on any atom is 0.215 e. The van der Waals surface area contributed by atoms with Crippen molar-refractivity contribution in [1.29, 1.82) is 0 Å². The molecule has 1 amide bonds. The van der Waals surface area contributed by atoms with Crippen molar-refractivity contribution in [1.82, 2.24) is 14.5 Å². The molecule has 0 fully saturated rings. The van der Waals surface area contributed by atoms with E-state index in [0.717, 1.165) is 26.8 Å². The predicted molar refractivity (Wildman–Crippen MR) is 128 cm³/mol. The van der Waals surface area contributed by atoms with Gasteiger partial charge in [-0.15, -0.1) is 0 Å². The number of fused-ring (bicyclic) bond motifs is 1. The van der Waals surface area contributed by atoms with Gasteiger partial charge in [0.15, 0.2) is 11.5 Å². The number of anilines is 3. The standard InChI is InChI=1S/C23H22BrN5O3/c1-14-9-15(5-6-17(14)24)26-23-27-18-11-21(20(31-4)12-19(18)29(23)3)32-16-7-8-25-22(10-16)28(2)13-30/h5-13H,1-4H3,(H,26,27). The van der Waals surface area contributed by atoms with Gasteiger partial charge in [0.1, 0.15) is 11.6 Å². The Morgan fingerprint density at radius 2 is 1.97 bits per heavy atom. The second kappa shape index (κ2) is 8.88. The molecule has 2 aromatic heterocycles. The van der Waals surface area contributed by atoms with Crippen LogP contribution in [0.3, 0.4) is 0 Å². The molecule has 0 radical (unpaired) electrons. The lowest BCUT2D eigenvalue weighted by Gasteiger charge is -2.13. The van der Waals surface area contributed by atoms with E-state index in [4.69, 9.17) is 14.5 Å². The van der Waals surface area contributed by atoms with E-state index >= 15 is 0 Å². The third-order valence-electron chi connectivity index (χ3n) is 5.04. The van der Waals surface area contributed by atoms with E-state index in [9.17, 15) is 4.79 Å². The van der Waals surface area contributed by atoms with Crippen LogP contribution in [-0.4, -0.2) is 35.1 Å². The number of ether oxygens (including phenoxy) is 2. The first-order chi connectivity index (χ1) is 15.4. The molecule has 0 aliphatic heterocycles. The second-order valence-electron chi connectivity index (χ2n) is 7.24. The zero-order valence-electron chi connectivity index (χ0n) is 18.1. The molecule has 0 aliphatic rings. The van der Waals surface area contributed by atoms with Gasteiger partial charge in [0.05, 0.1) is 18.1 Å². The lowest BCUT2D eigenvalue weighted by atomic mass is 10.2. The van der Waals surface area contributed by atoms with Gasteiger partial charge in [-0.25, -0.2) is 9.97 Å². The largest absolute Gasteiger partial charge is 0.493 e. The number of rotatable bonds is 7. The number of amides is 1. The highest BCUT2D eigenvalue weighted by atomic mass is 79.9. The summed E-state index contributed by atoms with van der Waals surface area (Å²) in [5.74, 6) is 2.77. The number of benzene rings is 2. The van der Waals surface area contributed by atoms with Crippen LogP contribution in [0.2, 0.25) is 0 Å². The Hall–Kier alpha value is -3.59. The average molecular weight is 496 g/mol. The summed E-state index contributed by atoms with van der Waals surface area (Å²) in [5.41, 5.74) is 3.71. The first-order valence-corrected chi connectivity index (χ1v) is 10.6. The van der Waals surface area contributed by atoms with Crippen molar-refractivity contribution in [2.75, 3.05) is 24.4 Å². The minimum atomic E-state index is 0.478. The van der Waals surface area contributed by atoms with E-state index in [-0.39, 0.29) is 0 Å². The molecule has 0 saturated heterocycles. The summed E-state index contributed by atoms with van der Waals surface area (Å²) in [6.45, 7) is 2.04. The van der Waals surface area contributed by atoms with Crippen LogP contribution in [0, 0.1) is 6.92 Å². The number of aromatic nitrogens is 3.